The van der Waals surface area contributed by atoms with Gasteiger partial charge in [-0.05, 0) is 44.2 Å². The molecule has 5 N–H and O–H groups in total. The molecule has 4 saturated carbocycles. The molecule has 42 heavy (non-hydrogen) atoms. The summed E-state index contributed by atoms with van der Waals surface area (Å²) in [6.07, 6.45) is -2.14. The third-order valence-electron chi connectivity index (χ3n) is 9.08. The van der Waals surface area contributed by atoms with E-state index < -0.39 is 64.8 Å². The minimum atomic E-state index is -5.05. The second kappa shape index (κ2) is 12.1. The fourth-order valence-electron chi connectivity index (χ4n) is 6.58. The molecule has 0 heterocycles. The number of aliphatic carboxylic acids is 1. The molecule has 4 aliphatic rings. The van der Waals surface area contributed by atoms with Gasteiger partial charge in [0.25, 0.3) is 5.91 Å². The molecule has 7 nitrogen and oxygen atoms in total. The summed E-state index contributed by atoms with van der Waals surface area (Å²) in [5, 5.41) is 18.4. The number of quaternary nitrogens is 1. The number of hydrogen-bond acceptors (Lipinski definition) is 3. The SMILES string of the molecule is N=C/C(C(=O)N(CC(=O)c1c(Cl)cc(Cl)cc1Cl)CC1(F)CCCC1)=C(\[NH2+]C12CCC(C(O)=[OH+])(CC1)CC2)C(F)(F)F. The van der Waals surface area contributed by atoms with Gasteiger partial charge in [-0.1, -0.05) is 47.6 Å². The van der Waals surface area contributed by atoms with Gasteiger partial charge in [0.2, 0.25) is 5.70 Å². The molecule has 0 saturated heterocycles. The number of ketones is 1. The molecule has 4 aliphatic carbocycles. The molecule has 0 unspecified atom stereocenters. The van der Waals surface area contributed by atoms with Crippen LogP contribution < -0.4 is 5.32 Å². The average Bonchev–Trinajstić information content (AvgIpc) is 3.33. The summed E-state index contributed by atoms with van der Waals surface area (Å²) in [5.41, 5.74) is -6.31. The Morgan fingerprint density at radius 1 is 1.02 bits per heavy atom. The van der Waals surface area contributed by atoms with E-state index in [1.165, 1.54) is 12.1 Å². The highest BCUT2D eigenvalue weighted by Gasteiger charge is 2.59. The Balaban J connectivity index is 1.70. The van der Waals surface area contributed by atoms with E-state index in [1.807, 2.05) is 0 Å². The second-order valence-electron chi connectivity index (χ2n) is 11.8. The normalized spacial score (nSPS) is 25.6. The third kappa shape index (κ3) is 6.64. The predicted octanol–water partition coefficient (Wildman–Crippen LogP) is 6.12. The van der Waals surface area contributed by atoms with Crippen LogP contribution in [0.2, 0.25) is 15.1 Å². The van der Waals surface area contributed by atoms with Crippen molar-refractivity contribution >= 4 is 58.7 Å². The Bertz CT molecular complexity index is 1280. The molecule has 4 fully saturated rings. The van der Waals surface area contributed by atoms with Gasteiger partial charge >= 0.3 is 12.1 Å². The van der Waals surface area contributed by atoms with E-state index in [9.17, 15) is 32.7 Å². The summed E-state index contributed by atoms with van der Waals surface area (Å²) in [4.78, 5) is 37.6. The first kappa shape index (κ1) is 32.7. The maximum atomic E-state index is 15.7. The summed E-state index contributed by atoms with van der Waals surface area (Å²) in [7, 11) is 0. The van der Waals surface area contributed by atoms with Crippen molar-refractivity contribution < 1.29 is 42.4 Å². The number of benzene rings is 1. The zero-order valence-electron chi connectivity index (χ0n) is 22.6. The number of carbonyl (C=O) groups excluding carboxylic acids is 2. The molecular formula is C28H32Cl3F4N3O4+2. The molecule has 2 bridgehead atoms. The molecule has 1 aromatic rings. The Morgan fingerprint density at radius 3 is 2.00 bits per heavy atom. The van der Waals surface area contributed by atoms with Crippen molar-refractivity contribution in [2.45, 2.75) is 81.6 Å². The minimum Gasteiger partial charge on any atom is -0.339 e. The minimum absolute atomic E-state index is 0.0644. The number of carboxylic acids is 1. The summed E-state index contributed by atoms with van der Waals surface area (Å²) in [5.74, 6) is -2.86. The van der Waals surface area contributed by atoms with Crippen molar-refractivity contribution in [3.63, 3.8) is 0 Å². The van der Waals surface area contributed by atoms with Gasteiger partial charge in [-0.15, -0.1) is 0 Å². The first-order valence-electron chi connectivity index (χ1n) is 13.6. The Labute approximate surface area is 255 Å². The standard InChI is InChI=1S/C28H30Cl3F4N3O4/c29-16-11-18(30)21(19(31)12-16)20(39)14-38(15-26(32)3-1-2-4-26)23(40)17(13-36)22(28(33,34)35)37-27-8-5-25(6-9-27,7-10-27)24(41)42/h11-13,36-37H,1-10,14-15H2,(H,41,42)/p+2/b22-17+,36-13?. The van der Waals surface area contributed by atoms with Gasteiger partial charge < -0.3 is 25.5 Å². The molecule has 14 heteroatoms. The highest BCUT2D eigenvalue weighted by atomic mass is 35.5. The van der Waals surface area contributed by atoms with Crippen LogP contribution >= 0.6 is 34.8 Å². The molecule has 0 aromatic heterocycles. The molecule has 1 amide bonds. The summed E-state index contributed by atoms with van der Waals surface area (Å²) in [6, 6.07) is 2.50. The number of nitrogens with one attached hydrogen (secondary N) is 1. The van der Waals surface area contributed by atoms with Crippen LogP contribution in [0.3, 0.4) is 0 Å². The highest BCUT2D eigenvalue weighted by molar-refractivity contribution is 6.42. The van der Waals surface area contributed by atoms with Gasteiger partial charge in [0, 0.05) is 30.5 Å². The van der Waals surface area contributed by atoms with Crippen molar-refractivity contribution in [1.82, 2.24) is 4.90 Å². The number of nitrogens with two attached hydrogens (primary N) is 1. The number of nitrogens with zero attached hydrogens (tertiary/aromatic N) is 1. The number of aliphatic hydroxyl groups excluding tert-OH is 1. The van der Waals surface area contributed by atoms with Gasteiger partial charge in [0.1, 0.15) is 22.2 Å². The first-order valence-corrected chi connectivity index (χ1v) is 14.8. The van der Waals surface area contributed by atoms with Gasteiger partial charge in [-0.25, -0.2) is 4.39 Å². The largest absolute Gasteiger partial charge is 0.486 e. The molecule has 0 spiro atoms. The average molecular weight is 657 g/mol. The second-order valence-corrected chi connectivity index (χ2v) is 13.0. The van der Waals surface area contributed by atoms with Crippen LogP contribution in [0.15, 0.2) is 23.4 Å². The van der Waals surface area contributed by atoms with Crippen molar-refractivity contribution in [3.8, 4) is 0 Å². The van der Waals surface area contributed by atoms with E-state index in [0.29, 0.717) is 24.0 Å². The topological polar surface area (TPSA) is 119 Å². The quantitative estimate of drug-likeness (QED) is 0.0925. The van der Waals surface area contributed by atoms with Crippen LogP contribution in [0, 0.1) is 10.8 Å². The number of Topliss-reactive ketones (excluding diaryl/α,β-unsaturated/α-hetero) is 1. The van der Waals surface area contributed by atoms with Crippen molar-refractivity contribution in [2.75, 3.05) is 13.1 Å². The number of fused-ring (bicyclic) bond motifs is 3. The molecule has 0 aliphatic heterocycles. The molecule has 1 aromatic carbocycles. The highest BCUT2D eigenvalue weighted by Crippen LogP contribution is 2.51. The van der Waals surface area contributed by atoms with E-state index >= 15 is 4.39 Å². The van der Waals surface area contributed by atoms with Crippen LogP contribution in [0.25, 0.3) is 0 Å². The Hall–Kier alpha value is -2.21. The molecule has 5 rings (SSSR count). The first-order chi connectivity index (χ1) is 19.5. The number of hydrogen-bond donors (Lipinski definition) is 3. The van der Waals surface area contributed by atoms with Crippen LogP contribution in [0.4, 0.5) is 17.6 Å². The van der Waals surface area contributed by atoms with Gasteiger partial charge in [-0.2, -0.15) is 13.2 Å². The maximum absolute atomic E-state index is 15.7. The summed E-state index contributed by atoms with van der Waals surface area (Å²) >= 11 is 18.2. The van der Waals surface area contributed by atoms with Crippen LogP contribution in [0.5, 0.6) is 0 Å². The van der Waals surface area contributed by atoms with E-state index in [1.54, 1.807) is 0 Å². The molecule has 0 radical (unpaired) electrons. The zero-order chi connectivity index (χ0) is 31.1. The van der Waals surface area contributed by atoms with Gasteiger partial charge in [0.05, 0.1) is 28.7 Å². The molecule has 230 valence electrons. The lowest BCUT2D eigenvalue weighted by atomic mass is 9.57. The lowest BCUT2D eigenvalue weighted by Gasteiger charge is -2.47. The number of carbonyl (C=O) groups is 2. The van der Waals surface area contributed by atoms with E-state index in [4.69, 9.17) is 40.2 Å². The van der Waals surface area contributed by atoms with E-state index in [0.717, 1.165) is 5.32 Å². The number of alkyl halides is 4. The van der Waals surface area contributed by atoms with Crippen LogP contribution in [-0.4, -0.2) is 69.1 Å². The Kier molecular flexibility index (Phi) is 9.38. The number of amides is 1. The number of rotatable bonds is 10. The smallest absolute Gasteiger partial charge is 0.339 e. The number of allylic oxidation sites excluding steroid dienone is 1. The van der Waals surface area contributed by atoms with Gasteiger partial charge in [-0.3, -0.25) is 9.59 Å². The summed E-state index contributed by atoms with van der Waals surface area (Å²) in [6.45, 7) is -1.48. The van der Waals surface area contributed by atoms with E-state index in [2.05, 4.69) is 0 Å². The summed E-state index contributed by atoms with van der Waals surface area (Å²) < 4.78 is 59.4. The lowest BCUT2D eigenvalue weighted by Crippen LogP contribution is -2.98. The maximum Gasteiger partial charge on any atom is 0.486 e. The van der Waals surface area contributed by atoms with Gasteiger partial charge in [0.15, 0.2) is 5.78 Å². The Morgan fingerprint density at radius 2 is 1.55 bits per heavy atom. The number of carboxylic acid groups (broad SMARTS) is 1. The molecule has 0 atom stereocenters. The van der Waals surface area contributed by atoms with Crippen molar-refractivity contribution in [2.24, 2.45) is 5.41 Å². The van der Waals surface area contributed by atoms with Crippen LogP contribution in [0.1, 0.15) is 74.6 Å². The van der Waals surface area contributed by atoms with Crippen molar-refractivity contribution in [1.29, 1.82) is 5.41 Å². The fourth-order valence-corrected chi connectivity index (χ4v) is 7.61. The molecular weight excluding hydrogens is 625 g/mol. The van der Waals surface area contributed by atoms with E-state index in [-0.39, 0.29) is 72.0 Å². The fraction of sp³-hybridized carbons (Fsp3) is 0.571. The zero-order valence-corrected chi connectivity index (χ0v) is 24.9. The lowest BCUT2D eigenvalue weighted by molar-refractivity contribution is -0.708. The number of halogens is 7. The predicted molar refractivity (Wildman–Crippen MR) is 151 cm³/mol. The third-order valence-corrected chi connectivity index (χ3v) is 9.90. The van der Waals surface area contributed by atoms with Crippen LogP contribution in [-0.2, 0) is 4.79 Å². The monoisotopic (exact) mass is 655 g/mol. The van der Waals surface area contributed by atoms with Crippen molar-refractivity contribution in [3.05, 3.63) is 44.0 Å².